The number of nitrogens with one attached hydrogen (secondary N) is 1. The number of hydrogen-bond donors (Lipinski definition) is 1. The Labute approximate surface area is 211 Å². The number of pyridine rings is 1. The van der Waals surface area contributed by atoms with E-state index in [0.717, 1.165) is 47.5 Å². The van der Waals surface area contributed by atoms with Crippen molar-refractivity contribution >= 4 is 38.3 Å². The van der Waals surface area contributed by atoms with Gasteiger partial charge in [-0.05, 0) is 67.4 Å². The van der Waals surface area contributed by atoms with Crippen LogP contribution in [0.3, 0.4) is 0 Å². The van der Waals surface area contributed by atoms with Crippen LogP contribution in [0.2, 0.25) is 0 Å². The van der Waals surface area contributed by atoms with Crippen LogP contribution < -0.4 is 15.0 Å². The lowest BCUT2D eigenvalue weighted by atomic mass is 9.97. The van der Waals surface area contributed by atoms with Gasteiger partial charge in [0.1, 0.15) is 11.6 Å². The smallest absolute Gasteiger partial charge is 0.243 e. The second-order valence-corrected chi connectivity index (χ2v) is 11.0. The number of rotatable bonds is 6. The van der Waals surface area contributed by atoms with Crippen LogP contribution in [0.1, 0.15) is 12.8 Å². The zero-order valence-electron chi connectivity index (χ0n) is 20.2. The Balaban J connectivity index is 1.29. The van der Waals surface area contributed by atoms with Gasteiger partial charge in [0.15, 0.2) is 0 Å². The molecule has 0 aliphatic carbocycles. The number of methoxy groups -OCH3 is 1. The summed E-state index contributed by atoms with van der Waals surface area (Å²) in [5.41, 5.74) is 1.46. The molecule has 1 aromatic heterocycles. The quantitative estimate of drug-likeness (QED) is 0.544. The van der Waals surface area contributed by atoms with Gasteiger partial charge in [-0.15, -0.1) is 0 Å². The van der Waals surface area contributed by atoms with E-state index in [-0.39, 0.29) is 16.7 Å². The molecule has 0 bridgehead atoms. The summed E-state index contributed by atoms with van der Waals surface area (Å²) < 4.78 is 37.9. The Hall–Kier alpha value is -3.21. The average Bonchev–Trinajstić information content (AvgIpc) is 2.93. The average molecular weight is 511 g/mol. The maximum atomic E-state index is 13.0. The van der Waals surface area contributed by atoms with Crippen LogP contribution in [-0.4, -0.2) is 70.1 Å². The van der Waals surface area contributed by atoms with Gasteiger partial charge in [-0.3, -0.25) is 4.79 Å². The van der Waals surface area contributed by atoms with Crippen molar-refractivity contribution in [3.63, 3.8) is 0 Å². The van der Waals surface area contributed by atoms with Gasteiger partial charge in [0, 0.05) is 37.3 Å². The second-order valence-electron chi connectivity index (χ2n) is 9.04. The first-order chi connectivity index (χ1) is 17.4. The molecule has 2 saturated heterocycles. The molecule has 1 amide bonds. The number of hydrogen-bond acceptors (Lipinski definition) is 7. The highest BCUT2D eigenvalue weighted by Gasteiger charge is 2.28. The predicted octanol–water partition coefficient (Wildman–Crippen LogP) is 3.12. The third kappa shape index (κ3) is 5.16. The van der Waals surface area contributed by atoms with Crippen LogP contribution in [0, 0.1) is 5.92 Å². The van der Waals surface area contributed by atoms with E-state index in [0.29, 0.717) is 32.8 Å². The van der Waals surface area contributed by atoms with Crippen molar-refractivity contribution in [2.45, 2.75) is 17.7 Å². The van der Waals surface area contributed by atoms with E-state index >= 15 is 0 Å². The van der Waals surface area contributed by atoms with Crippen LogP contribution in [0.4, 0.5) is 11.5 Å². The fourth-order valence-electron chi connectivity index (χ4n) is 4.68. The maximum absolute atomic E-state index is 13.0. The van der Waals surface area contributed by atoms with E-state index in [9.17, 15) is 13.2 Å². The first kappa shape index (κ1) is 24.5. The number of benzene rings is 2. The Bertz CT molecular complexity index is 1340. The predicted molar refractivity (Wildman–Crippen MR) is 138 cm³/mol. The molecule has 0 spiro atoms. The van der Waals surface area contributed by atoms with Gasteiger partial charge in [0.25, 0.3) is 0 Å². The molecule has 1 N–H and O–H groups in total. The zero-order valence-corrected chi connectivity index (χ0v) is 21.0. The van der Waals surface area contributed by atoms with Crippen LogP contribution in [-0.2, 0) is 19.6 Å². The van der Waals surface area contributed by atoms with E-state index < -0.39 is 10.0 Å². The standard InChI is InChI=1S/C26H30N4O5S/c1-34-22-7-5-21(6-8-22)27-26(31)20-3-2-12-29(18-20)25-11-4-19-17-23(9-10-24(19)28-25)36(32,33)30-13-15-35-16-14-30/h4-11,17,20H,2-3,12-16,18H2,1H3,(H,27,31). The number of carbonyl (C=O) groups excluding carboxylic acids is 1. The number of fused-ring (bicyclic) bond motifs is 1. The topological polar surface area (TPSA) is 101 Å². The van der Waals surface area contributed by atoms with Crippen molar-refractivity contribution in [1.82, 2.24) is 9.29 Å². The first-order valence-corrected chi connectivity index (χ1v) is 13.6. The molecule has 0 saturated carbocycles. The summed E-state index contributed by atoms with van der Waals surface area (Å²) in [6, 6.07) is 16.1. The number of nitrogens with zero attached hydrogens (tertiary/aromatic N) is 3. The van der Waals surface area contributed by atoms with Gasteiger partial charge in [-0.1, -0.05) is 0 Å². The summed E-state index contributed by atoms with van der Waals surface area (Å²) in [6.45, 7) is 2.93. The van der Waals surface area contributed by atoms with Gasteiger partial charge >= 0.3 is 0 Å². The molecule has 2 fully saturated rings. The molecule has 1 atom stereocenters. The fraction of sp³-hybridized carbons (Fsp3) is 0.385. The normalized spacial score (nSPS) is 19.2. The third-order valence-corrected chi connectivity index (χ3v) is 8.62. The molecule has 3 aromatic rings. The molecule has 10 heteroatoms. The molecule has 2 aromatic carbocycles. The molecule has 2 aliphatic rings. The number of carbonyl (C=O) groups is 1. The molecule has 1 unspecified atom stereocenters. The van der Waals surface area contributed by atoms with Crippen LogP contribution in [0.15, 0.2) is 59.5 Å². The minimum absolute atomic E-state index is 0.0105. The molecular weight excluding hydrogens is 480 g/mol. The highest BCUT2D eigenvalue weighted by molar-refractivity contribution is 7.89. The molecular formula is C26H30N4O5S. The monoisotopic (exact) mass is 510 g/mol. The SMILES string of the molecule is COc1ccc(NC(=O)C2CCCN(c3ccc4cc(S(=O)(=O)N5CCOCC5)ccc4n3)C2)cc1. The van der Waals surface area contributed by atoms with Gasteiger partial charge < -0.3 is 19.7 Å². The zero-order chi connectivity index (χ0) is 25.1. The van der Waals surface area contributed by atoms with E-state index in [4.69, 9.17) is 14.5 Å². The molecule has 2 aliphatic heterocycles. The fourth-order valence-corrected chi connectivity index (χ4v) is 6.13. The number of anilines is 2. The molecule has 36 heavy (non-hydrogen) atoms. The van der Waals surface area contributed by atoms with Gasteiger partial charge in [-0.2, -0.15) is 4.31 Å². The number of morpholine rings is 1. The van der Waals surface area contributed by atoms with E-state index in [1.165, 1.54) is 4.31 Å². The Morgan fingerprint density at radius 3 is 2.58 bits per heavy atom. The van der Waals surface area contributed by atoms with Crippen molar-refractivity contribution < 1.29 is 22.7 Å². The third-order valence-electron chi connectivity index (χ3n) is 6.73. The van der Waals surface area contributed by atoms with Crippen LogP contribution >= 0.6 is 0 Å². The summed E-state index contributed by atoms with van der Waals surface area (Å²) in [6.07, 6.45) is 1.70. The summed E-state index contributed by atoms with van der Waals surface area (Å²) in [4.78, 5) is 20.1. The number of piperidine rings is 1. The Morgan fingerprint density at radius 2 is 1.83 bits per heavy atom. The van der Waals surface area contributed by atoms with E-state index in [2.05, 4.69) is 10.2 Å². The second kappa shape index (κ2) is 10.4. The molecule has 0 radical (unpaired) electrons. The number of amides is 1. The van der Waals surface area contributed by atoms with E-state index in [1.807, 2.05) is 36.4 Å². The van der Waals surface area contributed by atoms with Crippen LogP contribution in [0.5, 0.6) is 5.75 Å². The molecule has 3 heterocycles. The summed E-state index contributed by atoms with van der Waals surface area (Å²) in [7, 11) is -1.96. The molecule has 5 rings (SSSR count). The first-order valence-electron chi connectivity index (χ1n) is 12.1. The summed E-state index contributed by atoms with van der Waals surface area (Å²) in [5.74, 6) is 1.36. The van der Waals surface area contributed by atoms with Gasteiger partial charge in [0.2, 0.25) is 15.9 Å². The lowest BCUT2D eigenvalue weighted by molar-refractivity contribution is -0.120. The van der Waals surface area contributed by atoms with Crippen molar-refractivity contribution in [2.75, 3.05) is 56.7 Å². The van der Waals surface area contributed by atoms with Crippen molar-refractivity contribution in [1.29, 1.82) is 0 Å². The Kier molecular flexibility index (Phi) is 7.08. The maximum Gasteiger partial charge on any atom is 0.243 e. The van der Waals surface area contributed by atoms with Crippen molar-refractivity contribution in [2.24, 2.45) is 5.92 Å². The minimum atomic E-state index is -3.57. The largest absolute Gasteiger partial charge is 0.497 e. The van der Waals surface area contributed by atoms with Gasteiger partial charge in [0.05, 0.1) is 36.7 Å². The lowest BCUT2D eigenvalue weighted by Gasteiger charge is -2.33. The molecule has 190 valence electrons. The summed E-state index contributed by atoms with van der Waals surface area (Å²) in [5, 5.41) is 3.76. The number of sulfonamides is 1. The highest BCUT2D eigenvalue weighted by atomic mass is 32.2. The van der Waals surface area contributed by atoms with Gasteiger partial charge in [-0.25, -0.2) is 13.4 Å². The van der Waals surface area contributed by atoms with Crippen LogP contribution in [0.25, 0.3) is 10.9 Å². The Morgan fingerprint density at radius 1 is 1.06 bits per heavy atom. The minimum Gasteiger partial charge on any atom is -0.497 e. The van der Waals surface area contributed by atoms with Crippen molar-refractivity contribution in [3.8, 4) is 5.75 Å². The number of aromatic nitrogens is 1. The summed E-state index contributed by atoms with van der Waals surface area (Å²) >= 11 is 0. The molecule has 9 nitrogen and oxygen atoms in total. The highest BCUT2D eigenvalue weighted by Crippen LogP contribution is 2.27. The van der Waals surface area contributed by atoms with E-state index in [1.54, 1.807) is 25.3 Å². The lowest BCUT2D eigenvalue weighted by Crippen LogP contribution is -2.41. The van der Waals surface area contributed by atoms with Crippen molar-refractivity contribution in [3.05, 3.63) is 54.6 Å². The number of ether oxygens (including phenoxy) is 2.